The second-order valence-electron chi connectivity index (χ2n) is 22.3. The van der Waals surface area contributed by atoms with Crippen molar-refractivity contribution in [2.75, 3.05) is 4.90 Å². The molecule has 2 heterocycles. The van der Waals surface area contributed by atoms with Gasteiger partial charge in [-0.05, 0) is 127 Å². The second kappa shape index (κ2) is 18.6. The van der Waals surface area contributed by atoms with E-state index in [-0.39, 0.29) is 5.41 Å². The van der Waals surface area contributed by atoms with E-state index in [1.807, 2.05) is 6.07 Å². The molecular weight excluding hydrogens is 971 g/mol. The van der Waals surface area contributed by atoms with Gasteiger partial charge in [0.1, 0.15) is 22.3 Å². The minimum absolute atomic E-state index is 0.0157. The van der Waals surface area contributed by atoms with E-state index in [2.05, 4.69) is 299 Å². The Morgan fingerprint density at radius 1 is 0.325 bits per heavy atom. The van der Waals surface area contributed by atoms with Crippen molar-refractivity contribution in [2.45, 2.75) is 31.6 Å². The summed E-state index contributed by atoms with van der Waals surface area (Å²) in [5.74, 6) is 0. The zero-order chi connectivity index (χ0) is 53.5. The second-order valence-corrected chi connectivity index (χ2v) is 22.3. The summed E-state index contributed by atoms with van der Waals surface area (Å²) in [5, 5.41) is 4.44. The normalized spacial score (nSPS) is 12.8. The third-order valence-corrected chi connectivity index (χ3v) is 16.7. The Hall–Kier alpha value is -9.96. The minimum atomic E-state index is -0.791. The van der Waals surface area contributed by atoms with Gasteiger partial charge >= 0.3 is 0 Å². The first-order valence-electron chi connectivity index (χ1n) is 27.7. The van der Waals surface area contributed by atoms with E-state index in [4.69, 9.17) is 8.83 Å². The Kier molecular flexibility index (Phi) is 11.0. The van der Waals surface area contributed by atoms with E-state index in [1.54, 1.807) is 0 Å². The molecule has 12 aromatic carbocycles. The summed E-state index contributed by atoms with van der Waals surface area (Å²) < 4.78 is 13.6. The summed E-state index contributed by atoms with van der Waals surface area (Å²) in [4.78, 5) is 2.45. The lowest BCUT2D eigenvalue weighted by Gasteiger charge is -2.36. The lowest BCUT2D eigenvalue weighted by atomic mass is 9.65. The van der Waals surface area contributed by atoms with Crippen LogP contribution in [0.5, 0.6) is 0 Å². The molecule has 0 saturated heterocycles. The molecule has 0 amide bonds. The van der Waals surface area contributed by atoms with Gasteiger partial charge in [-0.1, -0.05) is 245 Å². The smallest absolute Gasteiger partial charge is 0.143 e. The van der Waals surface area contributed by atoms with Gasteiger partial charge in [0, 0.05) is 49.6 Å². The Morgan fingerprint density at radius 2 is 0.800 bits per heavy atom. The molecule has 1 aliphatic carbocycles. The van der Waals surface area contributed by atoms with Gasteiger partial charge in [0.15, 0.2) is 0 Å². The van der Waals surface area contributed by atoms with Crippen LogP contribution in [0.1, 0.15) is 48.6 Å². The molecule has 15 rings (SSSR count). The average Bonchev–Trinajstić information content (AvgIpc) is 4.02. The molecule has 2 aromatic heterocycles. The first-order chi connectivity index (χ1) is 39.3. The topological polar surface area (TPSA) is 29.5 Å². The van der Waals surface area contributed by atoms with Crippen molar-refractivity contribution in [1.82, 2.24) is 0 Å². The highest BCUT2D eigenvalue weighted by Gasteiger charge is 2.49. The fourth-order valence-corrected chi connectivity index (χ4v) is 13.0. The molecule has 14 aromatic rings. The van der Waals surface area contributed by atoms with Crippen LogP contribution in [0.3, 0.4) is 0 Å². The maximum Gasteiger partial charge on any atom is 0.143 e. The highest BCUT2D eigenvalue weighted by molar-refractivity contribution is 6.12. The van der Waals surface area contributed by atoms with Crippen molar-refractivity contribution in [3.05, 3.63) is 307 Å². The fourth-order valence-electron chi connectivity index (χ4n) is 13.0. The van der Waals surface area contributed by atoms with Crippen LogP contribution in [-0.2, 0) is 10.8 Å². The number of hydrogen-bond acceptors (Lipinski definition) is 3. The lowest BCUT2D eigenvalue weighted by molar-refractivity contribution is 0.590. The van der Waals surface area contributed by atoms with Crippen molar-refractivity contribution in [3.8, 4) is 55.6 Å². The van der Waals surface area contributed by atoms with Crippen LogP contribution < -0.4 is 4.90 Å². The van der Waals surface area contributed by atoms with E-state index < -0.39 is 5.41 Å². The average molecular weight is 1030 g/mol. The third-order valence-electron chi connectivity index (χ3n) is 16.7. The highest BCUT2D eigenvalue weighted by atomic mass is 16.3. The summed E-state index contributed by atoms with van der Waals surface area (Å²) in [6.45, 7) is 6.84. The van der Waals surface area contributed by atoms with Crippen LogP contribution in [0.25, 0.3) is 99.5 Å². The number of benzene rings is 12. The molecule has 380 valence electrons. The molecule has 0 saturated carbocycles. The number of anilines is 3. The first-order valence-corrected chi connectivity index (χ1v) is 27.7. The van der Waals surface area contributed by atoms with Gasteiger partial charge in [-0.2, -0.15) is 0 Å². The molecule has 80 heavy (non-hydrogen) atoms. The van der Waals surface area contributed by atoms with Gasteiger partial charge in [0.25, 0.3) is 0 Å². The minimum Gasteiger partial charge on any atom is -0.455 e. The number of rotatable bonds is 9. The van der Waals surface area contributed by atoms with E-state index >= 15 is 0 Å². The zero-order valence-corrected chi connectivity index (χ0v) is 44.8. The summed E-state index contributed by atoms with van der Waals surface area (Å²) in [6, 6.07) is 102. The molecule has 3 nitrogen and oxygen atoms in total. The summed E-state index contributed by atoms with van der Waals surface area (Å²) in [7, 11) is 0. The number of hydrogen-bond donors (Lipinski definition) is 0. The van der Waals surface area contributed by atoms with Gasteiger partial charge in [-0.25, -0.2) is 0 Å². The van der Waals surface area contributed by atoms with Crippen molar-refractivity contribution in [3.63, 3.8) is 0 Å². The van der Waals surface area contributed by atoms with Crippen LogP contribution in [0.15, 0.2) is 288 Å². The number of para-hydroxylation sites is 5. The van der Waals surface area contributed by atoms with Crippen molar-refractivity contribution in [1.29, 1.82) is 0 Å². The van der Waals surface area contributed by atoms with Crippen molar-refractivity contribution in [2.24, 2.45) is 0 Å². The number of nitrogens with zero attached hydrogens (tertiary/aromatic N) is 1. The Labute approximate surface area is 466 Å². The van der Waals surface area contributed by atoms with Gasteiger partial charge in [-0.15, -0.1) is 0 Å². The molecule has 0 bridgehead atoms. The summed E-state index contributed by atoms with van der Waals surface area (Å²) in [5.41, 5.74) is 23.3. The van der Waals surface area contributed by atoms with Crippen LogP contribution in [-0.4, -0.2) is 0 Å². The molecule has 0 atom stereocenters. The molecule has 0 N–H and O–H groups in total. The van der Waals surface area contributed by atoms with Gasteiger partial charge in [0.05, 0.1) is 11.1 Å². The number of furan rings is 2. The molecule has 3 heteroatoms. The number of fused-ring (bicyclic) bond motifs is 9. The molecular formula is C77H55NO2. The quantitative estimate of drug-likeness (QED) is 0.144. The van der Waals surface area contributed by atoms with Crippen molar-refractivity contribution < 1.29 is 8.83 Å². The summed E-state index contributed by atoms with van der Waals surface area (Å²) >= 11 is 0. The van der Waals surface area contributed by atoms with Crippen LogP contribution >= 0.6 is 0 Å². The molecule has 0 radical (unpaired) electrons. The Balaban J connectivity index is 1.01. The fraction of sp³-hybridized carbons (Fsp3) is 0.0649. The van der Waals surface area contributed by atoms with Crippen LogP contribution in [0.2, 0.25) is 0 Å². The zero-order valence-electron chi connectivity index (χ0n) is 44.8. The van der Waals surface area contributed by atoms with E-state index in [1.165, 1.54) is 38.9 Å². The van der Waals surface area contributed by atoms with Crippen LogP contribution in [0, 0.1) is 0 Å². The van der Waals surface area contributed by atoms with E-state index in [0.717, 1.165) is 105 Å². The molecule has 0 spiro atoms. The predicted octanol–water partition coefficient (Wildman–Crippen LogP) is 21.3. The lowest BCUT2D eigenvalue weighted by Crippen LogP contribution is -2.29. The van der Waals surface area contributed by atoms with Gasteiger partial charge < -0.3 is 13.7 Å². The Morgan fingerprint density at radius 3 is 1.43 bits per heavy atom. The van der Waals surface area contributed by atoms with E-state index in [0.29, 0.717) is 0 Å². The maximum atomic E-state index is 7.01. The maximum absolute atomic E-state index is 7.01. The largest absolute Gasteiger partial charge is 0.455 e. The molecule has 0 unspecified atom stereocenters. The monoisotopic (exact) mass is 1030 g/mol. The molecule has 0 aliphatic heterocycles. The van der Waals surface area contributed by atoms with Gasteiger partial charge in [-0.3, -0.25) is 0 Å². The highest BCUT2D eigenvalue weighted by Crippen LogP contribution is 2.61. The summed E-state index contributed by atoms with van der Waals surface area (Å²) in [6.07, 6.45) is 0. The van der Waals surface area contributed by atoms with Crippen molar-refractivity contribution >= 4 is 60.9 Å². The SMILES string of the molecule is CC(C)(C)c1ccc(-c2cc3c(c(-c4cccc5c4oc4ccccc45)c2)C(c2ccccc2)(c2ccccc2)c2cc(N(c4ccc(-c5cccc6c5oc5ccccc56)cc4)c4ccccc4-c4ccccc4)ccc2-3)cc1. The first kappa shape index (κ1) is 47.3. The standard InChI is InChI=1S/C77H55NO2/c1-76(2,3)54-41-37-50(38-42-54)53-47-67-61-46-45-58(78(70-34-16-13-27-59(70)51-21-7-4-8-22-51)57-43-39-52(40-44-57)60-30-19-31-64-62-28-14-17-35-71(62)79-74(60)64)49-69(61)77(55-23-9-5-10-24-55,56-25-11-6-12-26-56)73(67)68(48-53)66-33-20-32-65-63-29-15-18-36-72(63)80-75(65)66/h4-49H,1-3H3. The Bertz CT molecular complexity index is 4620. The van der Waals surface area contributed by atoms with Gasteiger partial charge in [0.2, 0.25) is 0 Å². The predicted molar refractivity (Wildman–Crippen MR) is 333 cm³/mol. The third kappa shape index (κ3) is 7.49. The molecule has 0 fully saturated rings. The molecule has 1 aliphatic rings. The van der Waals surface area contributed by atoms with Crippen LogP contribution in [0.4, 0.5) is 17.1 Å². The van der Waals surface area contributed by atoms with E-state index in [9.17, 15) is 0 Å².